The third-order valence-corrected chi connectivity index (χ3v) is 13.8. The predicted octanol–water partition coefficient (Wildman–Crippen LogP) is 6.27. The quantitative estimate of drug-likeness (QED) is 0.0954. The first-order valence-corrected chi connectivity index (χ1v) is 24.4. The summed E-state index contributed by atoms with van der Waals surface area (Å²) in [6.45, 7) is 14.2. The van der Waals surface area contributed by atoms with E-state index in [1.165, 1.54) is 57.3 Å². The fraction of sp³-hybridized carbons (Fsp3) is 0.667. The van der Waals surface area contributed by atoms with Crippen LogP contribution in [-0.4, -0.2) is 89.5 Å². The van der Waals surface area contributed by atoms with Gasteiger partial charge in [0.05, 0.1) is 17.2 Å². The van der Waals surface area contributed by atoms with E-state index >= 15 is 0 Å². The van der Waals surface area contributed by atoms with Gasteiger partial charge in [0.25, 0.3) is 0 Å². The van der Waals surface area contributed by atoms with Crippen molar-refractivity contribution in [3.8, 4) is 0 Å². The van der Waals surface area contributed by atoms with E-state index in [0.29, 0.717) is 12.8 Å². The molecule has 0 heterocycles. The number of primary sulfonamides is 1. The molecular weight excluding hydrogens is 749 g/mol. The van der Waals surface area contributed by atoms with Crippen molar-refractivity contribution in [2.45, 2.75) is 130 Å². The molecule has 0 aromatic heterocycles. The molecular formula is C42H66N6O6S2. The van der Waals surface area contributed by atoms with Crippen molar-refractivity contribution >= 4 is 43.5 Å². The number of aliphatic imine (C=N–C) groups is 1. The third-order valence-electron chi connectivity index (χ3n) is 11.6. The number of benzene rings is 2. The van der Waals surface area contributed by atoms with Gasteiger partial charge in [-0.2, -0.15) is 4.99 Å². The maximum absolute atomic E-state index is 12.5. The topological polar surface area (TPSA) is 171 Å². The Morgan fingerprint density at radius 1 is 0.661 bits per heavy atom. The second-order valence-electron chi connectivity index (χ2n) is 15.4. The van der Waals surface area contributed by atoms with Gasteiger partial charge in [-0.1, -0.05) is 39.8 Å². The van der Waals surface area contributed by atoms with Gasteiger partial charge in [0.2, 0.25) is 26.1 Å². The van der Waals surface area contributed by atoms with Crippen LogP contribution in [0, 0.1) is 0 Å². The molecule has 4 aliphatic carbocycles. The first kappa shape index (κ1) is 45.6. The number of nitrogens with one attached hydrogen (secondary N) is 2. The Bertz CT molecular complexity index is 1840. The first-order chi connectivity index (χ1) is 26.8. The number of hydrogen-bond acceptors (Lipinski definition) is 9. The third kappa shape index (κ3) is 13.5. The van der Waals surface area contributed by atoms with Crippen molar-refractivity contribution in [3.63, 3.8) is 0 Å². The van der Waals surface area contributed by atoms with E-state index in [4.69, 9.17) is 5.14 Å². The number of anilines is 1. The van der Waals surface area contributed by atoms with Crippen molar-refractivity contribution in [3.05, 3.63) is 56.6 Å². The minimum atomic E-state index is -3.62. The highest BCUT2D eigenvalue weighted by atomic mass is 32.2. The maximum atomic E-state index is 12.5. The first-order valence-electron chi connectivity index (χ1n) is 21.0. The van der Waals surface area contributed by atoms with Crippen LogP contribution in [0.15, 0.2) is 17.1 Å². The SMILES string of the molecule is CCN(CC)CCCCS(=O)(=O)NC(=O)Nc1c2c(cc3c1CCC3)CCC2.CCN(CC)CCCCS(N)(=O)=O.O=C=Nc1c2c(cc3c1CCC3)CCC2. The maximum Gasteiger partial charge on any atom is 0.332 e. The summed E-state index contributed by atoms with van der Waals surface area (Å²) in [5.41, 5.74) is 12.3. The second-order valence-corrected chi connectivity index (χ2v) is 18.9. The van der Waals surface area contributed by atoms with Gasteiger partial charge in [-0.25, -0.2) is 36.3 Å². The average Bonchev–Trinajstić information content (AvgIpc) is 3.99. The zero-order valence-corrected chi connectivity index (χ0v) is 35.9. The lowest BCUT2D eigenvalue weighted by atomic mass is 9.99. The van der Waals surface area contributed by atoms with Crippen LogP contribution in [0.2, 0.25) is 0 Å². The highest BCUT2D eigenvalue weighted by Gasteiger charge is 2.26. The second kappa shape index (κ2) is 22.1. The Hall–Kier alpha value is -3.13. The number of unbranched alkanes of at least 4 members (excludes halogenated alkanes) is 2. The summed E-state index contributed by atoms with van der Waals surface area (Å²) in [5.74, 6) is 0.0843. The fourth-order valence-corrected chi connectivity index (χ4v) is 10.2. The number of fused-ring (bicyclic) bond motifs is 4. The lowest BCUT2D eigenvalue weighted by Gasteiger charge is -2.18. The molecule has 2 amide bonds. The molecule has 56 heavy (non-hydrogen) atoms. The molecule has 4 N–H and O–H groups in total. The zero-order chi connectivity index (χ0) is 40.7. The lowest BCUT2D eigenvalue weighted by Crippen LogP contribution is -2.36. The molecule has 0 unspecified atom stereocenters. The summed E-state index contributed by atoms with van der Waals surface area (Å²) >= 11 is 0. The number of urea groups is 1. The van der Waals surface area contributed by atoms with E-state index in [-0.39, 0.29) is 11.5 Å². The van der Waals surface area contributed by atoms with Crippen LogP contribution in [0.3, 0.4) is 0 Å². The van der Waals surface area contributed by atoms with Gasteiger partial charge >= 0.3 is 6.03 Å². The zero-order valence-electron chi connectivity index (χ0n) is 34.3. The van der Waals surface area contributed by atoms with Crippen molar-refractivity contribution in [1.82, 2.24) is 14.5 Å². The van der Waals surface area contributed by atoms with E-state index in [9.17, 15) is 26.4 Å². The molecule has 0 aliphatic heterocycles. The molecule has 0 radical (unpaired) electrons. The average molecular weight is 815 g/mol. The molecule has 0 saturated carbocycles. The van der Waals surface area contributed by atoms with Gasteiger partial charge in [0, 0.05) is 5.69 Å². The summed E-state index contributed by atoms with van der Waals surface area (Å²) in [6, 6.07) is 4.01. The van der Waals surface area contributed by atoms with Crippen LogP contribution >= 0.6 is 0 Å². The number of hydrogen-bond donors (Lipinski definition) is 3. The Morgan fingerprint density at radius 2 is 1.07 bits per heavy atom. The van der Waals surface area contributed by atoms with Crippen molar-refractivity contribution < 1.29 is 26.4 Å². The molecule has 312 valence electrons. The minimum absolute atomic E-state index is 0.0211. The number of carbonyl (C=O) groups is 1. The molecule has 14 heteroatoms. The van der Waals surface area contributed by atoms with E-state index in [1.807, 2.05) is 0 Å². The fourth-order valence-electron chi connectivity index (χ4n) is 8.61. The molecule has 2 aromatic carbocycles. The molecule has 0 bridgehead atoms. The minimum Gasteiger partial charge on any atom is -0.307 e. The van der Waals surface area contributed by atoms with Crippen LogP contribution < -0.4 is 15.2 Å². The molecule has 0 atom stereocenters. The van der Waals surface area contributed by atoms with Crippen LogP contribution in [0.25, 0.3) is 0 Å². The Labute approximate surface area is 336 Å². The van der Waals surface area contributed by atoms with Gasteiger partial charge in [0.1, 0.15) is 0 Å². The Balaban J connectivity index is 0.000000208. The number of nitrogens with two attached hydrogens (primary N) is 1. The number of nitrogens with zero attached hydrogens (tertiary/aromatic N) is 3. The van der Waals surface area contributed by atoms with Gasteiger partial charge in [-0.3, -0.25) is 0 Å². The van der Waals surface area contributed by atoms with Crippen molar-refractivity contribution in [2.24, 2.45) is 10.1 Å². The molecule has 6 rings (SSSR count). The van der Waals surface area contributed by atoms with Crippen LogP contribution in [0.4, 0.5) is 16.2 Å². The highest BCUT2D eigenvalue weighted by Crippen LogP contribution is 2.40. The number of amides is 2. The monoisotopic (exact) mass is 814 g/mol. The molecule has 4 aliphatic rings. The summed E-state index contributed by atoms with van der Waals surface area (Å²) in [5, 5.41) is 7.76. The number of carbonyl (C=O) groups excluding carboxylic acids is 2. The Kier molecular flexibility index (Phi) is 18.0. The Morgan fingerprint density at radius 3 is 1.48 bits per heavy atom. The summed E-state index contributed by atoms with van der Waals surface area (Å²) in [4.78, 5) is 31.4. The van der Waals surface area contributed by atoms with E-state index in [0.717, 1.165) is 128 Å². The molecule has 0 spiro atoms. The number of aryl methyl sites for hydroxylation is 4. The van der Waals surface area contributed by atoms with Crippen LogP contribution in [0.5, 0.6) is 0 Å². The van der Waals surface area contributed by atoms with Gasteiger partial charge in [0.15, 0.2) is 0 Å². The molecule has 12 nitrogen and oxygen atoms in total. The number of rotatable bonds is 17. The summed E-state index contributed by atoms with van der Waals surface area (Å²) < 4.78 is 48.0. The largest absolute Gasteiger partial charge is 0.332 e. The molecule has 0 saturated heterocycles. The van der Waals surface area contributed by atoms with Gasteiger partial charge in [-0.15, -0.1) is 0 Å². The lowest BCUT2D eigenvalue weighted by molar-refractivity contribution is 0.256. The number of sulfonamides is 2. The van der Waals surface area contributed by atoms with E-state index < -0.39 is 26.1 Å². The van der Waals surface area contributed by atoms with Gasteiger partial charge in [-0.05, 0) is 187 Å². The van der Waals surface area contributed by atoms with Crippen LogP contribution in [0.1, 0.15) is 124 Å². The van der Waals surface area contributed by atoms with Crippen LogP contribution in [-0.2, 0) is 76.2 Å². The highest BCUT2D eigenvalue weighted by molar-refractivity contribution is 7.90. The summed E-state index contributed by atoms with van der Waals surface area (Å²) in [7, 11) is -6.88. The van der Waals surface area contributed by atoms with Crippen molar-refractivity contribution in [2.75, 3.05) is 56.1 Å². The molecule has 0 fully saturated rings. The standard InChI is InChI=1S/C21H33N3O3S.C13H13NO.C8H20N2O2S/c1-3-24(4-2)13-5-6-14-28(26,27)23-21(25)22-20-18-11-7-9-16(18)15-17-10-8-12-19(17)20;15-8-14-13-11-5-1-3-9(11)7-10-4-2-6-12(10)13;1-3-10(4-2)7-5-6-8-13(9,11)12/h15H,3-14H2,1-2H3,(H2,22,23,25);7H,1-6H2;3-8H2,1-2H3,(H2,9,11,12). The predicted molar refractivity (Wildman–Crippen MR) is 227 cm³/mol. The normalized spacial score (nSPS) is 15.2. The molecule has 2 aromatic rings. The van der Waals surface area contributed by atoms with E-state index in [1.54, 1.807) is 6.08 Å². The number of isocyanates is 1. The van der Waals surface area contributed by atoms with E-state index in [2.05, 4.69) is 64.7 Å². The smallest absolute Gasteiger partial charge is 0.307 e. The summed E-state index contributed by atoms with van der Waals surface area (Å²) in [6.07, 6.45) is 17.7. The van der Waals surface area contributed by atoms with Gasteiger partial charge < -0.3 is 15.1 Å². The van der Waals surface area contributed by atoms with Crippen molar-refractivity contribution in [1.29, 1.82) is 0 Å².